The number of hydrogen-bond donors (Lipinski definition) is 4. The van der Waals surface area contributed by atoms with Crippen LogP contribution in [-0.4, -0.2) is 101 Å². The molecule has 0 spiro atoms. The first kappa shape index (κ1) is 90.3. The normalized spacial score (nSPS) is 13.5. The number of allylic oxidation sites excluding steroid dienone is 2. The molecule has 19 nitrogen and oxygen atoms in total. The lowest BCUT2D eigenvalue weighted by Gasteiger charge is -2.15. The molecular weight excluding hydrogens is 1670 g/mol. The molecule has 19 heteroatoms. The van der Waals surface area contributed by atoms with Gasteiger partial charge in [0, 0.05) is 200 Å². The minimum atomic E-state index is -1.04. The molecule has 6 aliphatic rings. The van der Waals surface area contributed by atoms with Crippen molar-refractivity contribution in [2.24, 2.45) is 0 Å². The Morgan fingerprint density at radius 1 is 0.363 bits per heavy atom. The van der Waals surface area contributed by atoms with Gasteiger partial charge < -0.3 is 25.1 Å². The van der Waals surface area contributed by atoms with Crippen LogP contribution < -0.4 is 10.1 Å². The largest absolute Gasteiger partial charge is 0.481 e. The van der Waals surface area contributed by atoms with Crippen LogP contribution in [0.15, 0.2) is 238 Å². The number of Topliss-reactive ketones (excluding diaryl/α,β-unsaturated/α-hetero) is 3. The summed E-state index contributed by atoms with van der Waals surface area (Å²) in [5.74, 6) is 8.37. The fraction of sp³-hybridized carbons (Fsp3) is 0.241. The lowest BCUT2D eigenvalue weighted by atomic mass is 9.92. The standard InChI is InChI=1S/C25H22N2O2.2C23H20N4.C23H22N2O2.C22H23NO2/c1-14(2)24-21(17-5-3-15-7-8-23(28)20(15)10-17)11-19(13-26-24)16-4-6-18-12-27-25(29)22(18)9-16;1-14(2)22-20(19-8-15-4-3-5-21(15)25-13-19)10-18(11-26-22)17-9-16-6-7-24-23(16)27-12-17;1-14(2)22-19(17-10-15-4-3-5-20(15)25-12-17)6-7-21(27-22)18-11-16-8-9-24-23(16)26-13-18;1-14(2)23-18(16-5-4-15-6-9-21(26)19(15)12-16)7-8-20(25-23)17-10-11-24-22(13-17)27-3;1-14(2)21-18(9-8-17(23-21)11-12-22(3,4)25)16-6-5-15-7-10-20(24)19(15)13-16/h3-6,9-11,13-14H,7-8,12H2,1-2H3,(H,27,29);3-4,6-14H,5H2,1-2H3,(H,24,27);3-4,6-14H,5H2,1-2H3,(H,24,26);4-5,7-8,10-14H,6,9H2,1-3H3;5-6,8-9,13-14,25H,7,10H2,1-4H3. The molecule has 13 heterocycles. The summed E-state index contributed by atoms with van der Waals surface area (Å²) in [5.41, 5.74) is 37.8. The Morgan fingerprint density at radius 3 is 1.30 bits per heavy atom. The van der Waals surface area contributed by atoms with E-state index in [-0.39, 0.29) is 41.0 Å². The van der Waals surface area contributed by atoms with Gasteiger partial charge >= 0.3 is 0 Å². The second-order valence-electron chi connectivity index (χ2n) is 37.3. The molecule has 0 saturated carbocycles. The predicted molar refractivity (Wildman–Crippen MR) is 538 cm³/mol. The number of nitrogens with zero attached hydrogens (tertiary/aromatic N) is 10. The molecule has 16 aromatic rings. The van der Waals surface area contributed by atoms with E-state index >= 15 is 0 Å². The van der Waals surface area contributed by atoms with E-state index in [0.29, 0.717) is 49.2 Å². The number of rotatable bonds is 15. The van der Waals surface area contributed by atoms with E-state index in [4.69, 9.17) is 29.7 Å². The third-order valence-corrected chi connectivity index (χ3v) is 25.5. The number of methoxy groups -OCH3 is 1. The minimum Gasteiger partial charge on any atom is -0.481 e. The van der Waals surface area contributed by atoms with Gasteiger partial charge in [0.25, 0.3) is 5.91 Å². The van der Waals surface area contributed by atoms with Crippen molar-refractivity contribution in [2.75, 3.05) is 7.11 Å². The van der Waals surface area contributed by atoms with Crippen LogP contribution in [-0.2, 0) is 38.6 Å². The number of nitrogens with one attached hydrogen (secondary N) is 3. The molecule has 4 N–H and O–H groups in total. The zero-order valence-electron chi connectivity index (χ0n) is 78.4. The highest BCUT2D eigenvalue weighted by Gasteiger charge is 2.28. The zero-order valence-corrected chi connectivity index (χ0v) is 78.4. The van der Waals surface area contributed by atoms with E-state index in [1.807, 2.05) is 128 Å². The van der Waals surface area contributed by atoms with Gasteiger partial charge in [0.1, 0.15) is 22.6 Å². The predicted octanol–water partition coefficient (Wildman–Crippen LogP) is 24.9. The molecule has 0 atom stereocenters. The molecule has 5 aliphatic carbocycles. The molecular formula is C116H107N13O6. The summed E-state index contributed by atoms with van der Waals surface area (Å²) in [6, 6.07) is 57.8. The van der Waals surface area contributed by atoms with Crippen molar-refractivity contribution < 1.29 is 29.0 Å². The van der Waals surface area contributed by atoms with Gasteiger partial charge in [-0.2, -0.15) is 0 Å². The number of amides is 1. The molecule has 0 unspecified atom stereocenters. The Labute approximate surface area is 787 Å². The molecule has 0 bridgehead atoms. The van der Waals surface area contributed by atoms with Crippen LogP contribution in [0.5, 0.6) is 5.88 Å². The smallest absolute Gasteiger partial charge is 0.251 e. The molecule has 135 heavy (non-hydrogen) atoms. The van der Waals surface area contributed by atoms with Crippen LogP contribution in [0.2, 0.25) is 0 Å². The van der Waals surface area contributed by atoms with Crippen molar-refractivity contribution in [3.05, 3.63) is 339 Å². The third kappa shape index (κ3) is 19.5. The molecule has 0 radical (unpaired) electrons. The van der Waals surface area contributed by atoms with Crippen LogP contribution in [0.4, 0.5) is 0 Å². The van der Waals surface area contributed by atoms with E-state index in [0.717, 1.165) is 239 Å². The number of aryl methyl sites for hydroxylation is 3. The van der Waals surface area contributed by atoms with Crippen molar-refractivity contribution in [3.63, 3.8) is 0 Å². The number of carbonyl (C=O) groups excluding carboxylic acids is 4. The zero-order chi connectivity index (χ0) is 94.0. The van der Waals surface area contributed by atoms with Crippen LogP contribution in [0, 0.1) is 11.8 Å². The number of ether oxygens (including phenoxy) is 1. The molecule has 4 aromatic carbocycles. The SMILES string of the molecule is CC(C)c1nc(-c2cnc3[nH]ccc3c2)ccc1-c1cnc2c(c1)C=CC2.CC(C)c1nc(C#CC(C)(C)O)ccc1-c1ccc2c(c1)C(=O)CC2.CC(C)c1ncc(-c2ccc3c(c2)C(=O)NC3)cc1-c1ccc2c(c1)C(=O)CC2.CC(C)c1ncc(-c2cnc3[nH]ccc3c2)cc1-c1cnc2c(c1)C=CC2.COc1cc(-c2ccc(-c3ccc4c(c3)C(=O)CC4)c(C(C)C)n2)ccn1. The van der Waals surface area contributed by atoms with Gasteiger partial charge in [0.05, 0.1) is 58.4 Å². The molecule has 0 saturated heterocycles. The minimum absolute atomic E-state index is 0.0223. The van der Waals surface area contributed by atoms with Crippen LogP contribution in [0.3, 0.4) is 0 Å². The molecule has 12 aromatic heterocycles. The highest BCUT2D eigenvalue weighted by atomic mass is 16.5. The molecule has 1 aliphatic heterocycles. The number of carbonyl (C=O) groups is 4. The Morgan fingerprint density at radius 2 is 0.778 bits per heavy atom. The summed E-state index contributed by atoms with van der Waals surface area (Å²) >= 11 is 0. The van der Waals surface area contributed by atoms with Crippen molar-refractivity contribution >= 4 is 57.5 Å². The van der Waals surface area contributed by atoms with Gasteiger partial charge in [0.15, 0.2) is 17.3 Å². The molecule has 672 valence electrons. The maximum Gasteiger partial charge on any atom is 0.251 e. The van der Waals surface area contributed by atoms with Gasteiger partial charge in [-0.05, 0) is 227 Å². The number of aliphatic hydroxyl groups is 1. The molecule has 1 amide bonds. The number of aromatic nitrogens is 12. The van der Waals surface area contributed by atoms with Gasteiger partial charge in [0.2, 0.25) is 5.88 Å². The summed E-state index contributed by atoms with van der Waals surface area (Å²) in [6.07, 6.45) is 32.0. The van der Waals surface area contributed by atoms with E-state index in [1.54, 1.807) is 27.2 Å². The summed E-state index contributed by atoms with van der Waals surface area (Å²) in [7, 11) is 1.61. The first-order chi connectivity index (χ1) is 65.2. The quantitative estimate of drug-likeness (QED) is 0.0695. The number of ketones is 3. The average Bonchev–Trinajstić information content (AvgIpc) is 1.77. The number of benzene rings is 4. The highest BCUT2D eigenvalue weighted by Crippen LogP contribution is 2.42. The number of pyridine rings is 10. The monoisotopic (exact) mass is 1780 g/mol. The second-order valence-corrected chi connectivity index (χ2v) is 37.3. The topological polar surface area (TPSA) is 270 Å². The van der Waals surface area contributed by atoms with E-state index in [1.165, 1.54) is 11.1 Å². The Bertz CT molecular complexity index is 7510. The lowest BCUT2D eigenvalue weighted by molar-refractivity contribution is 0.0961. The second kappa shape index (κ2) is 38.5. The van der Waals surface area contributed by atoms with Crippen molar-refractivity contribution in [2.45, 2.75) is 176 Å². The Balaban J connectivity index is 0.000000113. The maximum absolute atomic E-state index is 12.2. The van der Waals surface area contributed by atoms with E-state index in [9.17, 15) is 24.3 Å². The first-order valence-corrected chi connectivity index (χ1v) is 46.6. The van der Waals surface area contributed by atoms with Gasteiger partial charge in [-0.1, -0.05) is 160 Å². The van der Waals surface area contributed by atoms with Crippen LogP contribution in [0.1, 0.15) is 252 Å². The summed E-state index contributed by atoms with van der Waals surface area (Å²) < 4.78 is 5.23. The lowest BCUT2D eigenvalue weighted by Crippen LogP contribution is -2.14. The average molecular weight is 1780 g/mol. The molecule has 22 rings (SSSR count). The van der Waals surface area contributed by atoms with Gasteiger partial charge in [-0.15, -0.1) is 0 Å². The highest BCUT2D eigenvalue weighted by molar-refractivity contribution is 6.04. The van der Waals surface area contributed by atoms with Crippen molar-refractivity contribution in [1.82, 2.24) is 65.1 Å². The number of fused-ring (bicyclic) bond motifs is 8. The van der Waals surface area contributed by atoms with Crippen molar-refractivity contribution in [1.29, 1.82) is 0 Å². The Kier molecular flexibility index (Phi) is 25.8. The van der Waals surface area contributed by atoms with Crippen LogP contribution in [0.25, 0.3) is 135 Å². The first-order valence-electron chi connectivity index (χ1n) is 46.6. The fourth-order valence-corrected chi connectivity index (χ4v) is 18.3. The van der Waals surface area contributed by atoms with E-state index in [2.05, 4.69) is 237 Å². The number of H-pyrrole nitrogens is 2. The third-order valence-electron chi connectivity index (χ3n) is 25.5. The summed E-state index contributed by atoms with van der Waals surface area (Å²) in [6.45, 7) is 25.4. The van der Waals surface area contributed by atoms with Crippen LogP contribution >= 0.6 is 0 Å². The van der Waals surface area contributed by atoms with E-state index < -0.39 is 5.60 Å². The molecule has 0 fully saturated rings. The Hall–Kier alpha value is -15.3. The van der Waals surface area contributed by atoms with Gasteiger partial charge in [-0.3, -0.25) is 49.1 Å². The van der Waals surface area contributed by atoms with Crippen molar-refractivity contribution in [3.8, 4) is 118 Å². The number of aromatic amines is 2. The fourth-order valence-electron chi connectivity index (χ4n) is 18.3. The maximum atomic E-state index is 12.2. The summed E-state index contributed by atoms with van der Waals surface area (Å²) in [5, 5.41) is 14.8. The number of hydrogen-bond acceptors (Lipinski definition) is 16. The summed E-state index contributed by atoms with van der Waals surface area (Å²) in [4.78, 5) is 101. The van der Waals surface area contributed by atoms with Gasteiger partial charge in [-0.25, -0.2) is 19.9 Å².